The van der Waals surface area contributed by atoms with Gasteiger partial charge in [-0.25, -0.2) is 4.98 Å². The van der Waals surface area contributed by atoms with Gasteiger partial charge >= 0.3 is 0 Å². The van der Waals surface area contributed by atoms with Crippen LogP contribution in [-0.4, -0.2) is 51.4 Å². The Labute approximate surface area is 107 Å². The van der Waals surface area contributed by atoms with Crippen molar-refractivity contribution in [1.82, 2.24) is 14.8 Å². The predicted molar refractivity (Wildman–Crippen MR) is 65.1 cm³/mol. The first-order valence-electron chi connectivity index (χ1n) is 6.40. The first-order chi connectivity index (χ1) is 8.68. The summed E-state index contributed by atoms with van der Waals surface area (Å²) in [6, 6.07) is 0. The zero-order valence-corrected chi connectivity index (χ0v) is 11.0. The first-order valence-corrected chi connectivity index (χ1v) is 6.40. The van der Waals surface area contributed by atoms with E-state index < -0.39 is 11.7 Å². The van der Waals surface area contributed by atoms with E-state index in [4.69, 9.17) is 9.47 Å². The summed E-state index contributed by atoms with van der Waals surface area (Å²) in [7, 11) is 1.83. The molecule has 0 spiro atoms. The van der Waals surface area contributed by atoms with Crippen LogP contribution in [-0.2, 0) is 22.9 Å². The summed E-state index contributed by atoms with van der Waals surface area (Å²) < 4.78 is 12.9. The van der Waals surface area contributed by atoms with Gasteiger partial charge < -0.3 is 14.6 Å². The quantitative estimate of drug-likeness (QED) is 0.819. The van der Waals surface area contributed by atoms with Gasteiger partial charge in [0.15, 0.2) is 0 Å². The average Bonchev–Trinajstić information content (AvgIpc) is 2.76. The largest absolute Gasteiger partial charge is 0.390 e. The molecule has 102 valence electrons. The molecule has 0 bridgehead atoms. The summed E-state index contributed by atoms with van der Waals surface area (Å²) in [5, 5.41) is 14.5. The highest BCUT2D eigenvalue weighted by Crippen LogP contribution is 2.30. The van der Waals surface area contributed by atoms with Crippen molar-refractivity contribution in [1.29, 1.82) is 0 Å². The van der Waals surface area contributed by atoms with Crippen LogP contribution < -0.4 is 0 Å². The lowest BCUT2D eigenvalue weighted by Gasteiger charge is -2.40. The maximum absolute atomic E-state index is 10.5. The molecule has 1 aliphatic heterocycles. The van der Waals surface area contributed by atoms with Crippen molar-refractivity contribution in [3.8, 4) is 0 Å². The van der Waals surface area contributed by atoms with Crippen LogP contribution in [0.5, 0.6) is 0 Å². The Morgan fingerprint density at radius 2 is 2.28 bits per heavy atom. The fourth-order valence-electron chi connectivity index (χ4n) is 2.44. The fraction of sp³-hybridized carbons (Fsp3) is 0.833. The fourth-order valence-corrected chi connectivity index (χ4v) is 2.44. The third-order valence-corrected chi connectivity index (χ3v) is 3.56. The van der Waals surface area contributed by atoms with Gasteiger partial charge in [-0.3, -0.25) is 4.68 Å². The molecule has 1 aromatic heterocycles. The Morgan fingerprint density at radius 1 is 1.56 bits per heavy atom. The number of hydrogen-bond acceptors (Lipinski definition) is 5. The molecule has 1 fully saturated rings. The van der Waals surface area contributed by atoms with Gasteiger partial charge in [-0.15, -0.1) is 0 Å². The van der Waals surface area contributed by atoms with Crippen LogP contribution in [0, 0.1) is 0 Å². The van der Waals surface area contributed by atoms with Crippen molar-refractivity contribution in [2.75, 3.05) is 19.8 Å². The van der Waals surface area contributed by atoms with E-state index in [0.717, 1.165) is 18.7 Å². The van der Waals surface area contributed by atoms with E-state index in [2.05, 4.69) is 10.1 Å². The Balaban J connectivity index is 2.08. The first kappa shape index (κ1) is 13.5. The SMILES string of the molecule is CCOC1(C(O)Cc2ncnn2C)CCOCC1. The Bertz CT molecular complexity index is 369. The summed E-state index contributed by atoms with van der Waals surface area (Å²) in [6.45, 7) is 3.81. The summed E-state index contributed by atoms with van der Waals surface area (Å²) in [6.07, 6.45) is 2.82. The molecule has 2 heterocycles. The molecule has 6 nitrogen and oxygen atoms in total. The van der Waals surface area contributed by atoms with Crippen LogP contribution in [0.25, 0.3) is 0 Å². The van der Waals surface area contributed by atoms with Crippen molar-refractivity contribution in [2.24, 2.45) is 7.05 Å². The summed E-state index contributed by atoms with van der Waals surface area (Å²) >= 11 is 0. The average molecular weight is 255 g/mol. The molecule has 18 heavy (non-hydrogen) atoms. The smallest absolute Gasteiger partial charge is 0.138 e. The molecule has 0 radical (unpaired) electrons. The van der Waals surface area contributed by atoms with Gasteiger partial charge in [-0.2, -0.15) is 5.10 Å². The highest BCUT2D eigenvalue weighted by Gasteiger charge is 2.40. The molecular formula is C12H21N3O3. The molecule has 1 N–H and O–H groups in total. The molecule has 2 rings (SSSR count). The number of aliphatic hydroxyl groups excluding tert-OH is 1. The normalized spacial score (nSPS) is 20.8. The molecule has 6 heteroatoms. The molecular weight excluding hydrogens is 234 g/mol. The number of hydrogen-bond donors (Lipinski definition) is 1. The highest BCUT2D eigenvalue weighted by molar-refractivity contribution is 4.97. The van der Waals surface area contributed by atoms with Crippen molar-refractivity contribution >= 4 is 0 Å². The second-order valence-corrected chi connectivity index (χ2v) is 4.63. The highest BCUT2D eigenvalue weighted by atomic mass is 16.5. The third-order valence-electron chi connectivity index (χ3n) is 3.56. The van der Waals surface area contributed by atoms with Gasteiger partial charge in [0.1, 0.15) is 12.2 Å². The van der Waals surface area contributed by atoms with Crippen LogP contribution in [0.4, 0.5) is 0 Å². The van der Waals surface area contributed by atoms with Crippen LogP contribution in [0.15, 0.2) is 6.33 Å². The zero-order valence-electron chi connectivity index (χ0n) is 11.0. The topological polar surface area (TPSA) is 69.4 Å². The third kappa shape index (κ3) is 2.71. The number of ether oxygens (including phenoxy) is 2. The van der Waals surface area contributed by atoms with Crippen LogP contribution >= 0.6 is 0 Å². The molecule has 0 saturated carbocycles. The van der Waals surface area contributed by atoms with E-state index in [1.165, 1.54) is 6.33 Å². The molecule has 1 unspecified atom stereocenters. The minimum Gasteiger partial charge on any atom is -0.390 e. The minimum atomic E-state index is -0.579. The zero-order chi connectivity index (χ0) is 13.0. The Kier molecular flexibility index (Phi) is 4.31. The second kappa shape index (κ2) is 5.77. The van der Waals surface area contributed by atoms with Crippen molar-refractivity contribution in [3.05, 3.63) is 12.2 Å². The Morgan fingerprint density at radius 3 is 2.83 bits per heavy atom. The lowest BCUT2D eigenvalue weighted by Crippen LogP contribution is -2.50. The molecule has 1 aromatic rings. The van der Waals surface area contributed by atoms with Gasteiger partial charge in [-0.1, -0.05) is 0 Å². The van der Waals surface area contributed by atoms with E-state index >= 15 is 0 Å². The molecule has 1 saturated heterocycles. The van der Waals surface area contributed by atoms with E-state index in [0.29, 0.717) is 26.2 Å². The summed E-state index contributed by atoms with van der Waals surface area (Å²) in [5.41, 5.74) is -0.501. The number of rotatable bonds is 5. The molecule has 0 aliphatic carbocycles. The van der Waals surface area contributed by atoms with E-state index in [1.54, 1.807) is 4.68 Å². The lowest BCUT2D eigenvalue weighted by molar-refractivity contribution is -0.165. The van der Waals surface area contributed by atoms with Gasteiger partial charge in [0.25, 0.3) is 0 Å². The van der Waals surface area contributed by atoms with Crippen molar-refractivity contribution in [2.45, 2.75) is 37.9 Å². The number of nitrogens with zero attached hydrogens (tertiary/aromatic N) is 3. The Hall–Kier alpha value is -0.980. The minimum absolute atomic E-state index is 0.455. The van der Waals surface area contributed by atoms with Crippen molar-refractivity contribution in [3.63, 3.8) is 0 Å². The molecule has 0 amide bonds. The van der Waals surface area contributed by atoms with E-state index in [1.807, 2.05) is 14.0 Å². The molecule has 1 atom stereocenters. The van der Waals surface area contributed by atoms with Gasteiger partial charge in [0.05, 0.1) is 11.7 Å². The molecule has 1 aliphatic rings. The lowest BCUT2D eigenvalue weighted by atomic mass is 9.86. The van der Waals surface area contributed by atoms with E-state index in [9.17, 15) is 5.11 Å². The van der Waals surface area contributed by atoms with Crippen LogP contribution in [0.2, 0.25) is 0 Å². The van der Waals surface area contributed by atoms with E-state index in [-0.39, 0.29) is 0 Å². The summed E-state index contributed by atoms with van der Waals surface area (Å²) in [4.78, 5) is 4.15. The monoisotopic (exact) mass is 255 g/mol. The van der Waals surface area contributed by atoms with Gasteiger partial charge in [0.2, 0.25) is 0 Å². The maximum atomic E-state index is 10.5. The van der Waals surface area contributed by atoms with Crippen LogP contribution in [0.3, 0.4) is 0 Å². The number of aryl methyl sites for hydroxylation is 1. The van der Waals surface area contributed by atoms with Crippen molar-refractivity contribution < 1.29 is 14.6 Å². The van der Waals surface area contributed by atoms with Gasteiger partial charge in [0, 0.05) is 46.1 Å². The standard InChI is InChI=1S/C12H21N3O3/c1-3-18-12(4-6-17-7-5-12)10(16)8-11-13-9-14-15(11)2/h9-10,16H,3-8H2,1-2H3. The second-order valence-electron chi connectivity index (χ2n) is 4.63. The number of aromatic nitrogens is 3. The number of aliphatic hydroxyl groups is 1. The van der Waals surface area contributed by atoms with Gasteiger partial charge in [-0.05, 0) is 6.92 Å². The predicted octanol–water partition coefficient (Wildman–Crippen LogP) is 0.304. The maximum Gasteiger partial charge on any atom is 0.138 e. The molecule has 0 aromatic carbocycles. The van der Waals surface area contributed by atoms with Crippen LogP contribution in [0.1, 0.15) is 25.6 Å². The summed E-state index contributed by atoms with van der Waals surface area (Å²) in [5.74, 6) is 0.771.